The average molecular weight is 391 g/mol. The van der Waals surface area contributed by atoms with E-state index >= 15 is 0 Å². The molecule has 0 aromatic carbocycles. The summed E-state index contributed by atoms with van der Waals surface area (Å²) in [6.07, 6.45) is 3.62. The van der Waals surface area contributed by atoms with Crippen molar-refractivity contribution in [3.8, 4) is 0 Å². The first-order chi connectivity index (χ1) is 13.0. The molecule has 2 aromatic heterocycles. The molecule has 27 heavy (non-hydrogen) atoms. The molecule has 7 nitrogen and oxygen atoms in total. The summed E-state index contributed by atoms with van der Waals surface area (Å²) in [5.41, 5.74) is 0.617. The number of thiophene rings is 1. The number of esters is 1. The zero-order chi connectivity index (χ0) is 19.6. The molecule has 1 amide bonds. The Morgan fingerprint density at radius 3 is 2.63 bits per heavy atom. The Morgan fingerprint density at radius 1 is 1.30 bits per heavy atom. The minimum Gasteiger partial charge on any atom is -0.466 e. The number of fused-ring (bicyclic) bond motifs is 1. The van der Waals surface area contributed by atoms with Crippen molar-refractivity contribution < 1.29 is 14.3 Å². The molecule has 8 heteroatoms. The molecule has 0 radical (unpaired) electrons. The Kier molecular flexibility index (Phi) is 5.94. The number of carbonyl (C=O) groups is 2. The summed E-state index contributed by atoms with van der Waals surface area (Å²) in [6, 6.07) is 0. The summed E-state index contributed by atoms with van der Waals surface area (Å²) in [5, 5.41) is 0.542. The Balaban J connectivity index is 1.81. The fourth-order valence-electron chi connectivity index (χ4n) is 3.49. The van der Waals surface area contributed by atoms with Crippen LogP contribution >= 0.6 is 11.3 Å². The average Bonchev–Trinajstić information content (AvgIpc) is 3.01. The molecular formula is C19H25N3O4S. The molecule has 0 N–H and O–H groups in total. The van der Waals surface area contributed by atoms with Crippen LogP contribution in [0.2, 0.25) is 0 Å². The second kappa shape index (κ2) is 8.21. The van der Waals surface area contributed by atoms with E-state index in [1.807, 2.05) is 13.8 Å². The number of aryl methyl sites for hydroxylation is 2. The first-order valence-electron chi connectivity index (χ1n) is 9.42. The molecule has 3 heterocycles. The minimum absolute atomic E-state index is 0.0840. The van der Waals surface area contributed by atoms with Crippen LogP contribution in [0.4, 0.5) is 0 Å². The van der Waals surface area contributed by atoms with Gasteiger partial charge in [-0.3, -0.25) is 19.0 Å². The SMILES string of the molecule is CCCn1cnc2sc(C(=O)N3CCC(C(=O)OCC)CC3)c(C)c2c1=O. The van der Waals surface area contributed by atoms with Crippen molar-refractivity contribution in [1.82, 2.24) is 14.5 Å². The number of ether oxygens (including phenoxy) is 1. The topological polar surface area (TPSA) is 81.5 Å². The number of likely N-dealkylation sites (tertiary alicyclic amines) is 1. The van der Waals surface area contributed by atoms with E-state index in [0.29, 0.717) is 59.7 Å². The molecule has 1 aliphatic rings. The molecule has 1 aliphatic heterocycles. The maximum atomic E-state index is 13.0. The van der Waals surface area contributed by atoms with E-state index in [1.54, 1.807) is 22.7 Å². The highest BCUT2D eigenvalue weighted by atomic mass is 32.1. The van der Waals surface area contributed by atoms with E-state index in [9.17, 15) is 14.4 Å². The van der Waals surface area contributed by atoms with Crippen molar-refractivity contribution in [2.24, 2.45) is 5.92 Å². The zero-order valence-electron chi connectivity index (χ0n) is 16.0. The van der Waals surface area contributed by atoms with Crippen molar-refractivity contribution in [2.45, 2.75) is 46.6 Å². The predicted octanol–water partition coefficient (Wildman–Crippen LogP) is 2.59. The van der Waals surface area contributed by atoms with Crippen LogP contribution < -0.4 is 5.56 Å². The van der Waals surface area contributed by atoms with Gasteiger partial charge in [-0.2, -0.15) is 0 Å². The van der Waals surface area contributed by atoms with Gasteiger partial charge in [0.05, 0.1) is 29.1 Å². The maximum absolute atomic E-state index is 13.0. The fourth-order valence-corrected chi connectivity index (χ4v) is 4.59. The Morgan fingerprint density at radius 2 is 2.00 bits per heavy atom. The first kappa shape index (κ1) is 19.5. The van der Waals surface area contributed by atoms with Crippen LogP contribution in [0.5, 0.6) is 0 Å². The van der Waals surface area contributed by atoms with E-state index < -0.39 is 0 Å². The van der Waals surface area contributed by atoms with Crippen LogP contribution in [0.1, 0.15) is 48.3 Å². The Labute approximate surface area is 161 Å². The first-order valence-corrected chi connectivity index (χ1v) is 10.2. The maximum Gasteiger partial charge on any atom is 0.309 e. The smallest absolute Gasteiger partial charge is 0.309 e. The third-order valence-electron chi connectivity index (χ3n) is 4.98. The molecule has 0 spiro atoms. The quantitative estimate of drug-likeness (QED) is 0.732. The number of carbonyl (C=O) groups excluding carboxylic acids is 2. The van der Waals surface area contributed by atoms with Gasteiger partial charge in [0.1, 0.15) is 4.83 Å². The van der Waals surface area contributed by atoms with Crippen molar-refractivity contribution in [2.75, 3.05) is 19.7 Å². The van der Waals surface area contributed by atoms with Gasteiger partial charge in [0, 0.05) is 19.6 Å². The van der Waals surface area contributed by atoms with Crippen molar-refractivity contribution in [3.63, 3.8) is 0 Å². The number of hydrogen-bond acceptors (Lipinski definition) is 6. The molecule has 0 saturated carbocycles. The van der Waals surface area contributed by atoms with Crippen LogP contribution in [-0.4, -0.2) is 46.0 Å². The second-order valence-corrected chi connectivity index (χ2v) is 7.80. The summed E-state index contributed by atoms with van der Waals surface area (Å²) < 4.78 is 6.68. The molecule has 0 aliphatic carbocycles. The summed E-state index contributed by atoms with van der Waals surface area (Å²) in [5.74, 6) is -0.400. The Hall–Kier alpha value is -2.22. The van der Waals surface area contributed by atoms with Crippen LogP contribution in [0.15, 0.2) is 11.1 Å². The van der Waals surface area contributed by atoms with Crippen LogP contribution in [0.3, 0.4) is 0 Å². The number of piperidine rings is 1. The lowest BCUT2D eigenvalue weighted by Crippen LogP contribution is -2.40. The largest absolute Gasteiger partial charge is 0.466 e. The van der Waals surface area contributed by atoms with Crippen LogP contribution in [-0.2, 0) is 16.1 Å². The van der Waals surface area contributed by atoms with Gasteiger partial charge in [-0.25, -0.2) is 4.98 Å². The summed E-state index contributed by atoms with van der Waals surface area (Å²) >= 11 is 1.27. The van der Waals surface area contributed by atoms with Crippen molar-refractivity contribution >= 4 is 33.4 Å². The van der Waals surface area contributed by atoms with Crippen LogP contribution in [0.25, 0.3) is 10.2 Å². The van der Waals surface area contributed by atoms with E-state index in [-0.39, 0.29) is 23.4 Å². The number of hydrogen-bond donors (Lipinski definition) is 0. The number of aromatic nitrogens is 2. The van der Waals surface area contributed by atoms with Gasteiger partial charge in [0.2, 0.25) is 0 Å². The Bertz CT molecular complexity index is 910. The van der Waals surface area contributed by atoms with E-state index in [4.69, 9.17) is 4.74 Å². The lowest BCUT2D eigenvalue weighted by molar-refractivity contribution is -0.149. The van der Waals surface area contributed by atoms with Gasteiger partial charge >= 0.3 is 5.97 Å². The van der Waals surface area contributed by atoms with Gasteiger partial charge in [-0.15, -0.1) is 11.3 Å². The van der Waals surface area contributed by atoms with Crippen molar-refractivity contribution in [3.05, 3.63) is 27.1 Å². The molecule has 146 valence electrons. The monoisotopic (exact) mass is 391 g/mol. The lowest BCUT2D eigenvalue weighted by Gasteiger charge is -2.30. The molecule has 1 fully saturated rings. The number of rotatable bonds is 5. The summed E-state index contributed by atoms with van der Waals surface area (Å²) in [7, 11) is 0. The second-order valence-electron chi connectivity index (χ2n) is 6.80. The van der Waals surface area contributed by atoms with Gasteiger partial charge in [0.15, 0.2) is 0 Å². The van der Waals surface area contributed by atoms with Gasteiger partial charge in [-0.1, -0.05) is 6.92 Å². The highest BCUT2D eigenvalue weighted by Gasteiger charge is 2.30. The third kappa shape index (κ3) is 3.76. The zero-order valence-corrected chi connectivity index (χ0v) is 16.8. The number of nitrogens with zero attached hydrogens (tertiary/aromatic N) is 3. The third-order valence-corrected chi connectivity index (χ3v) is 6.17. The van der Waals surface area contributed by atoms with Gasteiger partial charge in [-0.05, 0) is 38.7 Å². The highest BCUT2D eigenvalue weighted by molar-refractivity contribution is 7.20. The number of amides is 1. The molecule has 0 atom stereocenters. The molecular weight excluding hydrogens is 366 g/mol. The minimum atomic E-state index is -0.177. The normalized spacial score (nSPS) is 15.3. The van der Waals surface area contributed by atoms with E-state index in [0.717, 1.165) is 6.42 Å². The molecule has 0 bridgehead atoms. The molecule has 3 rings (SSSR count). The molecule has 2 aromatic rings. The standard InChI is InChI=1S/C19H25N3O4S/c1-4-8-22-11-20-16-14(17(22)23)12(3)15(27-16)18(24)21-9-6-13(7-10-21)19(25)26-5-2/h11,13H,4-10H2,1-3H3. The van der Waals surface area contributed by atoms with Crippen LogP contribution in [0, 0.1) is 12.8 Å². The predicted molar refractivity (Wildman–Crippen MR) is 104 cm³/mol. The summed E-state index contributed by atoms with van der Waals surface area (Å²) in [4.78, 5) is 44.9. The summed E-state index contributed by atoms with van der Waals surface area (Å²) in [6.45, 7) is 7.64. The van der Waals surface area contributed by atoms with Gasteiger partial charge < -0.3 is 9.64 Å². The fraction of sp³-hybridized carbons (Fsp3) is 0.579. The lowest BCUT2D eigenvalue weighted by atomic mass is 9.97. The van der Waals surface area contributed by atoms with E-state index in [1.165, 1.54) is 11.3 Å². The van der Waals surface area contributed by atoms with Gasteiger partial charge in [0.25, 0.3) is 11.5 Å². The van der Waals surface area contributed by atoms with Crippen molar-refractivity contribution in [1.29, 1.82) is 0 Å². The highest BCUT2D eigenvalue weighted by Crippen LogP contribution is 2.29. The molecule has 1 saturated heterocycles. The molecule has 0 unspecified atom stereocenters. The van der Waals surface area contributed by atoms with E-state index in [2.05, 4.69) is 4.98 Å².